The largest absolute Gasteiger partial charge is 0.339 e. The summed E-state index contributed by atoms with van der Waals surface area (Å²) in [6.07, 6.45) is 6.85. The zero-order valence-corrected chi connectivity index (χ0v) is 12.3. The third-order valence-corrected chi connectivity index (χ3v) is 4.35. The third kappa shape index (κ3) is 2.35. The van der Waals surface area contributed by atoms with Crippen molar-refractivity contribution in [2.45, 2.75) is 38.6 Å². The molecule has 4 heteroatoms. The maximum Gasteiger partial charge on any atom is 0.270 e. The molecule has 0 radical (unpaired) electrons. The summed E-state index contributed by atoms with van der Waals surface area (Å²) in [6, 6.07) is 2.53. The second kappa shape index (κ2) is 4.72. The lowest BCUT2D eigenvalue weighted by molar-refractivity contribution is 0.0672. The molecule has 2 heterocycles. The number of halogens is 1. The van der Waals surface area contributed by atoms with Crippen LogP contribution in [0.1, 0.15) is 49.1 Å². The van der Waals surface area contributed by atoms with Gasteiger partial charge in [0.05, 0.1) is 0 Å². The smallest absolute Gasteiger partial charge is 0.270 e. The Morgan fingerprint density at radius 2 is 2.17 bits per heavy atom. The van der Waals surface area contributed by atoms with Crippen LogP contribution in [0.3, 0.4) is 0 Å². The lowest BCUT2D eigenvalue weighted by Gasteiger charge is -2.31. The van der Waals surface area contributed by atoms with Gasteiger partial charge in [-0.3, -0.25) is 4.79 Å². The molecule has 1 saturated heterocycles. The Kier molecular flexibility index (Phi) is 3.22. The first-order chi connectivity index (χ1) is 8.65. The highest BCUT2D eigenvalue weighted by Crippen LogP contribution is 2.38. The summed E-state index contributed by atoms with van der Waals surface area (Å²) in [5.74, 6) is 0.842. The second-order valence-corrected chi connectivity index (χ2v) is 6.60. The summed E-state index contributed by atoms with van der Waals surface area (Å²) in [5, 5.41) is 0. The van der Waals surface area contributed by atoms with Gasteiger partial charge >= 0.3 is 0 Å². The van der Waals surface area contributed by atoms with Gasteiger partial charge in [-0.15, -0.1) is 0 Å². The zero-order valence-electron chi connectivity index (χ0n) is 10.7. The van der Waals surface area contributed by atoms with Crippen molar-refractivity contribution in [2.24, 2.45) is 5.92 Å². The molecule has 1 unspecified atom stereocenters. The van der Waals surface area contributed by atoms with E-state index in [1.165, 1.54) is 19.3 Å². The second-order valence-electron chi connectivity index (χ2n) is 5.68. The van der Waals surface area contributed by atoms with Crippen molar-refractivity contribution < 1.29 is 4.79 Å². The molecule has 1 aromatic heterocycles. The normalized spacial score (nSPS) is 24.3. The molecule has 3 rings (SSSR count). The number of amides is 1. The van der Waals surface area contributed by atoms with E-state index in [1.807, 2.05) is 11.0 Å². The summed E-state index contributed by atoms with van der Waals surface area (Å²) in [5.41, 5.74) is 0.860. The van der Waals surface area contributed by atoms with Gasteiger partial charge in [-0.05, 0) is 53.6 Å². The highest BCUT2D eigenvalue weighted by molar-refractivity contribution is 9.10. The SMILES string of the molecule is CC1CCCN(C(=O)c2cc(Br)cn2C2CC2)C1. The fourth-order valence-corrected chi connectivity index (χ4v) is 3.25. The Balaban J connectivity index is 1.82. The Bertz CT molecular complexity index is 464. The highest BCUT2D eigenvalue weighted by atomic mass is 79.9. The van der Waals surface area contributed by atoms with Crippen molar-refractivity contribution in [1.82, 2.24) is 9.47 Å². The summed E-state index contributed by atoms with van der Waals surface area (Å²) >= 11 is 3.49. The van der Waals surface area contributed by atoms with Crippen LogP contribution in [-0.2, 0) is 0 Å². The van der Waals surface area contributed by atoms with E-state index in [0.717, 1.165) is 29.7 Å². The van der Waals surface area contributed by atoms with Crippen LogP contribution in [-0.4, -0.2) is 28.5 Å². The van der Waals surface area contributed by atoms with Crippen molar-refractivity contribution >= 4 is 21.8 Å². The first-order valence-corrected chi connectivity index (χ1v) is 7.61. The lowest BCUT2D eigenvalue weighted by atomic mass is 10.00. The monoisotopic (exact) mass is 310 g/mol. The quantitative estimate of drug-likeness (QED) is 0.821. The Labute approximate surface area is 116 Å². The molecule has 3 nitrogen and oxygen atoms in total. The number of rotatable bonds is 2. The fourth-order valence-electron chi connectivity index (χ4n) is 2.81. The van der Waals surface area contributed by atoms with Crippen LogP contribution >= 0.6 is 15.9 Å². The van der Waals surface area contributed by atoms with Crippen LogP contribution in [0.2, 0.25) is 0 Å². The molecule has 1 aliphatic heterocycles. The molecule has 2 fully saturated rings. The molecule has 1 saturated carbocycles. The van der Waals surface area contributed by atoms with Crippen molar-refractivity contribution in [3.8, 4) is 0 Å². The highest BCUT2D eigenvalue weighted by Gasteiger charge is 2.30. The minimum absolute atomic E-state index is 0.208. The molecule has 0 bridgehead atoms. The fraction of sp³-hybridized carbons (Fsp3) is 0.643. The molecule has 1 aliphatic carbocycles. The Morgan fingerprint density at radius 1 is 1.39 bits per heavy atom. The number of nitrogens with zero attached hydrogens (tertiary/aromatic N) is 2. The summed E-state index contributed by atoms with van der Waals surface area (Å²) in [7, 11) is 0. The van der Waals surface area contributed by atoms with E-state index in [9.17, 15) is 4.79 Å². The number of hydrogen-bond donors (Lipinski definition) is 0. The molecular weight excluding hydrogens is 292 g/mol. The lowest BCUT2D eigenvalue weighted by Crippen LogP contribution is -2.39. The zero-order chi connectivity index (χ0) is 12.7. The average molecular weight is 311 g/mol. The molecule has 1 atom stereocenters. The minimum Gasteiger partial charge on any atom is -0.339 e. The summed E-state index contributed by atoms with van der Waals surface area (Å²) in [6.45, 7) is 4.05. The maximum absolute atomic E-state index is 12.6. The van der Waals surface area contributed by atoms with Gasteiger partial charge in [0.2, 0.25) is 0 Å². The van der Waals surface area contributed by atoms with Gasteiger partial charge in [0.1, 0.15) is 5.69 Å². The van der Waals surface area contributed by atoms with Crippen molar-refractivity contribution in [3.63, 3.8) is 0 Å². The first kappa shape index (κ1) is 12.3. The number of piperidine rings is 1. The number of aromatic nitrogens is 1. The van der Waals surface area contributed by atoms with Gasteiger partial charge < -0.3 is 9.47 Å². The van der Waals surface area contributed by atoms with E-state index in [1.54, 1.807) is 0 Å². The van der Waals surface area contributed by atoms with E-state index in [-0.39, 0.29) is 5.91 Å². The van der Waals surface area contributed by atoms with Crippen LogP contribution in [0.4, 0.5) is 0 Å². The van der Waals surface area contributed by atoms with Crippen molar-refractivity contribution in [3.05, 3.63) is 22.4 Å². The van der Waals surface area contributed by atoms with E-state index in [4.69, 9.17) is 0 Å². The first-order valence-electron chi connectivity index (χ1n) is 6.82. The van der Waals surface area contributed by atoms with E-state index in [0.29, 0.717) is 12.0 Å². The van der Waals surface area contributed by atoms with Crippen molar-refractivity contribution in [1.29, 1.82) is 0 Å². The van der Waals surface area contributed by atoms with Gasteiger partial charge in [0.25, 0.3) is 5.91 Å². The molecule has 98 valence electrons. The molecule has 2 aliphatic rings. The molecule has 0 aromatic carbocycles. The molecule has 18 heavy (non-hydrogen) atoms. The summed E-state index contributed by atoms with van der Waals surface area (Å²) < 4.78 is 3.17. The molecular formula is C14H19BrN2O. The van der Waals surface area contributed by atoms with Crippen LogP contribution in [0, 0.1) is 5.92 Å². The summed E-state index contributed by atoms with van der Waals surface area (Å²) in [4.78, 5) is 14.6. The van der Waals surface area contributed by atoms with Gasteiger partial charge in [-0.25, -0.2) is 0 Å². The average Bonchev–Trinajstić information content (AvgIpc) is 3.12. The molecule has 0 N–H and O–H groups in total. The molecule has 1 amide bonds. The number of likely N-dealkylation sites (tertiary alicyclic amines) is 1. The van der Waals surface area contributed by atoms with E-state index in [2.05, 4.69) is 33.6 Å². The van der Waals surface area contributed by atoms with Gasteiger partial charge in [0, 0.05) is 29.8 Å². The predicted octanol–water partition coefficient (Wildman–Crippen LogP) is 3.46. The van der Waals surface area contributed by atoms with Gasteiger partial charge in [-0.2, -0.15) is 0 Å². The van der Waals surface area contributed by atoms with Crippen molar-refractivity contribution in [2.75, 3.05) is 13.1 Å². The van der Waals surface area contributed by atoms with Crippen LogP contribution in [0.5, 0.6) is 0 Å². The number of carbonyl (C=O) groups excluding carboxylic acids is 1. The topological polar surface area (TPSA) is 25.2 Å². The number of hydrogen-bond acceptors (Lipinski definition) is 1. The molecule has 1 aromatic rings. The third-order valence-electron chi connectivity index (χ3n) is 3.92. The minimum atomic E-state index is 0.208. The Morgan fingerprint density at radius 3 is 2.83 bits per heavy atom. The van der Waals surface area contributed by atoms with Crippen LogP contribution in [0.15, 0.2) is 16.7 Å². The van der Waals surface area contributed by atoms with E-state index >= 15 is 0 Å². The Hall–Kier alpha value is -0.770. The van der Waals surface area contributed by atoms with Crippen LogP contribution in [0.25, 0.3) is 0 Å². The maximum atomic E-state index is 12.6. The standard InChI is InChI=1S/C14H19BrN2O/c1-10-3-2-6-16(8-10)14(18)13-7-11(15)9-17(13)12-4-5-12/h7,9-10,12H,2-6,8H2,1H3. The van der Waals surface area contributed by atoms with Gasteiger partial charge in [-0.1, -0.05) is 6.92 Å². The number of carbonyl (C=O) groups is 1. The van der Waals surface area contributed by atoms with E-state index < -0.39 is 0 Å². The van der Waals surface area contributed by atoms with Crippen LogP contribution < -0.4 is 0 Å². The van der Waals surface area contributed by atoms with Gasteiger partial charge in [0.15, 0.2) is 0 Å². The predicted molar refractivity (Wildman–Crippen MR) is 74.7 cm³/mol. The molecule has 0 spiro atoms.